The van der Waals surface area contributed by atoms with Crippen LogP contribution in [0.15, 0.2) is 71.6 Å². The van der Waals surface area contributed by atoms with Crippen LogP contribution in [0.3, 0.4) is 0 Å². The quantitative estimate of drug-likeness (QED) is 0.641. The monoisotopic (exact) mass is 412 g/mol. The van der Waals surface area contributed by atoms with Crippen molar-refractivity contribution in [3.63, 3.8) is 0 Å². The zero-order valence-corrected chi connectivity index (χ0v) is 16.8. The molecular weight excluding hydrogens is 392 g/mol. The molecule has 0 unspecified atom stereocenters. The summed E-state index contributed by atoms with van der Waals surface area (Å²) >= 11 is 1.47. The van der Waals surface area contributed by atoms with Gasteiger partial charge in [0.1, 0.15) is 0 Å². The lowest BCUT2D eigenvalue weighted by molar-refractivity contribution is -0.113. The summed E-state index contributed by atoms with van der Waals surface area (Å²) in [7, 11) is -3.23. The van der Waals surface area contributed by atoms with Crippen LogP contribution in [0.4, 0.5) is 11.4 Å². The molecule has 5 nitrogen and oxygen atoms in total. The van der Waals surface area contributed by atoms with Gasteiger partial charge in [0.25, 0.3) is 0 Å². The van der Waals surface area contributed by atoms with E-state index >= 15 is 0 Å². The van der Waals surface area contributed by atoms with E-state index in [2.05, 4.69) is 29.6 Å². The van der Waals surface area contributed by atoms with Crippen molar-refractivity contribution in [2.45, 2.75) is 11.3 Å². The van der Waals surface area contributed by atoms with Crippen LogP contribution in [-0.4, -0.2) is 32.4 Å². The van der Waals surface area contributed by atoms with Gasteiger partial charge in [0.15, 0.2) is 0 Å². The standard InChI is InChI=1S/C21H20N2O3S2/c24-21(15-27-20-10-9-16-5-1-2-6-17(16)13-20)22-18-7-3-8-19(14-18)23-11-4-12-28(23,25)26/h1-3,5-10,13-14H,4,11-12,15H2,(H,22,24). The molecule has 3 aromatic carbocycles. The van der Waals surface area contributed by atoms with Crippen LogP contribution in [0, 0.1) is 0 Å². The summed E-state index contributed by atoms with van der Waals surface area (Å²) in [5.41, 5.74) is 1.20. The Labute approximate surface area is 168 Å². The molecular formula is C21H20N2O3S2. The maximum atomic E-state index is 12.3. The zero-order chi connectivity index (χ0) is 19.6. The van der Waals surface area contributed by atoms with Gasteiger partial charge < -0.3 is 5.32 Å². The van der Waals surface area contributed by atoms with E-state index in [1.807, 2.05) is 18.2 Å². The summed E-state index contributed by atoms with van der Waals surface area (Å²) in [6.07, 6.45) is 0.626. The van der Waals surface area contributed by atoms with Crippen molar-refractivity contribution in [2.24, 2.45) is 0 Å². The second kappa shape index (κ2) is 7.85. The number of amides is 1. The third-order valence-corrected chi connectivity index (χ3v) is 7.47. The number of fused-ring (bicyclic) bond motifs is 1. The van der Waals surface area contributed by atoms with Gasteiger partial charge in [-0.05, 0) is 47.5 Å². The molecule has 0 spiro atoms. The smallest absolute Gasteiger partial charge is 0.235 e. The number of nitrogens with zero attached hydrogens (tertiary/aromatic N) is 1. The van der Waals surface area contributed by atoms with Crippen LogP contribution in [0.2, 0.25) is 0 Å². The van der Waals surface area contributed by atoms with Crippen molar-refractivity contribution in [1.29, 1.82) is 0 Å². The molecule has 1 N–H and O–H groups in total. The second-order valence-electron chi connectivity index (χ2n) is 6.64. The van der Waals surface area contributed by atoms with E-state index in [-0.39, 0.29) is 17.4 Å². The van der Waals surface area contributed by atoms with E-state index in [0.29, 0.717) is 24.3 Å². The second-order valence-corrected chi connectivity index (χ2v) is 9.70. The minimum absolute atomic E-state index is 0.125. The van der Waals surface area contributed by atoms with Crippen LogP contribution in [-0.2, 0) is 14.8 Å². The van der Waals surface area contributed by atoms with Crippen molar-refractivity contribution in [1.82, 2.24) is 0 Å². The molecule has 1 amide bonds. The average Bonchev–Trinajstić information content (AvgIpc) is 3.05. The molecule has 1 fully saturated rings. The lowest BCUT2D eigenvalue weighted by Crippen LogP contribution is -2.25. The number of anilines is 2. The van der Waals surface area contributed by atoms with E-state index in [4.69, 9.17) is 0 Å². The van der Waals surface area contributed by atoms with Crippen molar-refractivity contribution in [3.8, 4) is 0 Å². The molecule has 28 heavy (non-hydrogen) atoms. The normalized spacial score (nSPS) is 15.6. The molecule has 1 aliphatic heterocycles. The number of nitrogens with one attached hydrogen (secondary N) is 1. The van der Waals surface area contributed by atoms with Gasteiger partial charge in [-0.25, -0.2) is 8.42 Å². The minimum atomic E-state index is -3.23. The van der Waals surface area contributed by atoms with Crippen molar-refractivity contribution >= 4 is 49.8 Å². The number of rotatable bonds is 5. The number of carbonyl (C=O) groups is 1. The first-order valence-electron chi connectivity index (χ1n) is 9.03. The van der Waals surface area contributed by atoms with Crippen LogP contribution < -0.4 is 9.62 Å². The average molecular weight is 413 g/mol. The SMILES string of the molecule is O=C(CSc1ccc2ccccc2c1)Nc1cccc(N2CCCS2(=O)=O)c1. The number of carbonyl (C=O) groups excluding carboxylic acids is 1. The van der Waals surface area contributed by atoms with Gasteiger partial charge in [0, 0.05) is 17.1 Å². The van der Waals surface area contributed by atoms with Crippen molar-refractivity contribution in [3.05, 3.63) is 66.7 Å². The van der Waals surface area contributed by atoms with E-state index in [9.17, 15) is 13.2 Å². The van der Waals surface area contributed by atoms with E-state index in [1.165, 1.54) is 21.5 Å². The highest BCUT2D eigenvalue weighted by atomic mass is 32.2. The Morgan fingerprint density at radius 1 is 1.00 bits per heavy atom. The van der Waals surface area contributed by atoms with Crippen molar-refractivity contribution in [2.75, 3.05) is 27.7 Å². The van der Waals surface area contributed by atoms with Gasteiger partial charge in [0.05, 0.1) is 17.2 Å². The summed E-state index contributed by atoms with van der Waals surface area (Å²) < 4.78 is 25.6. The molecule has 0 radical (unpaired) electrons. The Morgan fingerprint density at radius 2 is 1.82 bits per heavy atom. The Kier molecular flexibility index (Phi) is 5.28. The van der Waals surface area contributed by atoms with Crippen molar-refractivity contribution < 1.29 is 13.2 Å². The molecule has 1 saturated heterocycles. The summed E-state index contributed by atoms with van der Waals surface area (Å²) in [4.78, 5) is 13.4. The van der Waals surface area contributed by atoms with Gasteiger partial charge >= 0.3 is 0 Å². The van der Waals surface area contributed by atoms with E-state index in [1.54, 1.807) is 24.3 Å². The Hall–Kier alpha value is -2.51. The fourth-order valence-corrected chi connectivity index (χ4v) is 5.57. The van der Waals surface area contributed by atoms with Gasteiger partial charge in [-0.15, -0.1) is 11.8 Å². The van der Waals surface area contributed by atoms with Gasteiger partial charge in [-0.3, -0.25) is 9.10 Å². The number of hydrogen-bond donors (Lipinski definition) is 1. The number of benzene rings is 3. The van der Waals surface area contributed by atoms with Crippen LogP contribution in [0.1, 0.15) is 6.42 Å². The van der Waals surface area contributed by atoms with Gasteiger partial charge in [-0.2, -0.15) is 0 Å². The summed E-state index contributed by atoms with van der Waals surface area (Å²) in [5, 5.41) is 5.18. The minimum Gasteiger partial charge on any atom is -0.325 e. The Morgan fingerprint density at radius 3 is 2.61 bits per heavy atom. The fourth-order valence-electron chi connectivity index (χ4n) is 3.27. The van der Waals surface area contributed by atoms with Crippen LogP contribution >= 0.6 is 11.8 Å². The maximum Gasteiger partial charge on any atom is 0.235 e. The van der Waals surface area contributed by atoms with Gasteiger partial charge in [0.2, 0.25) is 15.9 Å². The lowest BCUT2D eigenvalue weighted by atomic mass is 10.1. The van der Waals surface area contributed by atoms with Crippen LogP contribution in [0.25, 0.3) is 10.8 Å². The number of sulfonamides is 1. The zero-order valence-electron chi connectivity index (χ0n) is 15.2. The Bertz CT molecular complexity index is 1130. The summed E-state index contributed by atoms with van der Waals surface area (Å²) in [6.45, 7) is 0.484. The maximum absolute atomic E-state index is 12.3. The lowest BCUT2D eigenvalue weighted by Gasteiger charge is -2.17. The molecule has 3 aromatic rings. The molecule has 0 aliphatic carbocycles. The van der Waals surface area contributed by atoms with E-state index in [0.717, 1.165) is 10.3 Å². The first-order chi connectivity index (χ1) is 13.5. The predicted octanol–water partition coefficient (Wildman–Crippen LogP) is 4.11. The highest BCUT2D eigenvalue weighted by Crippen LogP contribution is 2.27. The molecule has 7 heteroatoms. The molecule has 1 heterocycles. The molecule has 0 saturated carbocycles. The molecule has 0 atom stereocenters. The van der Waals surface area contributed by atoms with E-state index < -0.39 is 10.0 Å². The molecule has 4 rings (SSSR count). The summed E-state index contributed by atoms with van der Waals surface area (Å²) in [5.74, 6) is 0.330. The third kappa shape index (κ3) is 4.15. The third-order valence-electron chi connectivity index (χ3n) is 4.61. The molecule has 144 valence electrons. The Balaban J connectivity index is 1.40. The predicted molar refractivity (Wildman–Crippen MR) is 115 cm³/mol. The molecule has 0 aromatic heterocycles. The fraction of sp³-hybridized carbons (Fsp3) is 0.190. The molecule has 1 aliphatic rings. The highest BCUT2D eigenvalue weighted by molar-refractivity contribution is 8.00. The van der Waals surface area contributed by atoms with Gasteiger partial charge in [-0.1, -0.05) is 36.4 Å². The number of hydrogen-bond acceptors (Lipinski definition) is 4. The number of thioether (sulfide) groups is 1. The topological polar surface area (TPSA) is 66.5 Å². The largest absolute Gasteiger partial charge is 0.325 e. The highest BCUT2D eigenvalue weighted by Gasteiger charge is 2.28. The summed E-state index contributed by atoms with van der Waals surface area (Å²) in [6, 6.07) is 21.2. The van der Waals surface area contributed by atoms with Crippen LogP contribution in [0.5, 0.6) is 0 Å². The first-order valence-corrected chi connectivity index (χ1v) is 11.6. The molecule has 0 bridgehead atoms. The first kappa shape index (κ1) is 18.8.